The molecule has 3 aromatic rings. The Bertz CT molecular complexity index is 2220. The van der Waals surface area contributed by atoms with E-state index in [4.69, 9.17) is 16.3 Å². The van der Waals surface area contributed by atoms with Gasteiger partial charge in [-0.3, -0.25) is 39.1 Å². The van der Waals surface area contributed by atoms with Gasteiger partial charge in [0.05, 0.1) is 21.7 Å². The molecule has 12 nitrogen and oxygen atoms in total. The van der Waals surface area contributed by atoms with Crippen LogP contribution >= 0.6 is 11.6 Å². The zero-order chi connectivity index (χ0) is 41.8. The van der Waals surface area contributed by atoms with Crippen LogP contribution in [0, 0.1) is 28.1 Å². The minimum absolute atomic E-state index is 0.0925. The highest BCUT2D eigenvalue weighted by Gasteiger charge is 2.64. The van der Waals surface area contributed by atoms with E-state index in [2.05, 4.69) is 66.3 Å². The third-order valence-corrected chi connectivity index (χ3v) is 13.9. The summed E-state index contributed by atoms with van der Waals surface area (Å²) < 4.78 is 6.39. The van der Waals surface area contributed by atoms with E-state index < -0.39 is 29.7 Å². The lowest BCUT2D eigenvalue weighted by Crippen LogP contribution is -2.74. The summed E-state index contributed by atoms with van der Waals surface area (Å²) in [6.07, 6.45) is 4.59. The number of piperazine rings is 1. The number of nitriles is 1. The number of nitrogens with one attached hydrogen (secondary N) is 2. The lowest BCUT2D eigenvalue weighted by Gasteiger charge is -2.63. The minimum atomic E-state index is -0.972. The van der Waals surface area contributed by atoms with Crippen molar-refractivity contribution in [2.75, 3.05) is 37.6 Å². The molecule has 3 aliphatic heterocycles. The van der Waals surface area contributed by atoms with Gasteiger partial charge in [0, 0.05) is 73.3 Å². The number of carbonyl (C=O) groups excluding carboxylic acids is 5. The standard InChI is InChI=1S/C46H51ClN6O6/c1-45(2)43(46(3,4)44(45)59-33-15-13-31(25-48)36(47)24-33)50-39(55)30-11-9-29(10-12-30)28-7-5-27(6-8-28)26-51-19-21-52(22-20-51)32-14-16-34-35(23-32)42(58)53(41(34)57)37-17-18-38(54)49-40(37)56/h9-16,23-24,27-28,37,43-44H,5-8,17-22,26H2,1-4H3,(H,50,55)(H,49,54,56)/t27?,28?,37?,43-,44-. The fourth-order valence-corrected chi connectivity index (χ4v) is 10.8. The van der Waals surface area contributed by atoms with Gasteiger partial charge in [-0.05, 0) is 92.0 Å². The molecule has 0 radical (unpaired) electrons. The van der Waals surface area contributed by atoms with Crippen molar-refractivity contribution in [1.29, 1.82) is 5.26 Å². The molecule has 3 aromatic carbocycles. The maximum atomic E-state index is 13.5. The van der Waals surface area contributed by atoms with Gasteiger partial charge in [-0.15, -0.1) is 0 Å². The molecule has 1 unspecified atom stereocenters. The summed E-state index contributed by atoms with van der Waals surface area (Å²) in [4.78, 5) is 69.9. The molecule has 2 saturated carbocycles. The lowest BCUT2D eigenvalue weighted by atomic mass is 9.49. The van der Waals surface area contributed by atoms with Crippen LogP contribution in [0.1, 0.15) is 114 Å². The smallest absolute Gasteiger partial charge is 0.262 e. The summed E-state index contributed by atoms with van der Waals surface area (Å²) >= 11 is 6.26. The summed E-state index contributed by atoms with van der Waals surface area (Å²) in [5, 5.41) is 15.1. The maximum Gasteiger partial charge on any atom is 0.262 e. The Balaban J connectivity index is 0.789. The molecular formula is C46H51ClN6O6. The first kappa shape index (κ1) is 40.5. The SMILES string of the molecule is CC1(C)[C@H](NC(=O)c2ccc(C3CCC(CN4CCN(c5ccc6c(c5)C(=O)N(C5CCC(=O)NC5=O)C6=O)CC4)CC3)cc2)C(C)(C)[C@H]1Oc1ccc(C#N)c(Cl)c1. The molecule has 13 heteroatoms. The fraction of sp³-hybridized carbons (Fsp3) is 0.478. The number of carbonyl (C=O) groups is 5. The van der Waals surface area contributed by atoms with E-state index in [1.165, 1.54) is 5.56 Å². The van der Waals surface area contributed by atoms with Gasteiger partial charge >= 0.3 is 0 Å². The number of hydrogen-bond acceptors (Lipinski definition) is 9. The number of nitrogens with zero attached hydrogens (tertiary/aromatic N) is 4. The summed E-state index contributed by atoms with van der Waals surface area (Å²) in [5.41, 5.74) is 3.13. The predicted octanol–water partition coefficient (Wildman–Crippen LogP) is 6.32. The van der Waals surface area contributed by atoms with Crippen LogP contribution in [-0.2, 0) is 9.59 Å². The van der Waals surface area contributed by atoms with Gasteiger partial charge < -0.3 is 15.0 Å². The lowest BCUT2D eigenvalue weighted by molar-refractivity contribution is -0.164. The van der Waals surface area contributed by atoms with Crippen LogP contribution in [0.2, 0.25) is 5.02 Å². The van der Waals surface area contributed by atoms with E-state index >= 15 is 0 Å². The number of benzene rings is 3. The monoisotopic (exact) mass is 818 g/mol. The number of imide groups is 2. The molecule has 5 amide bonds. The largest absolute Gasteiger partial charge is 0.489 e. The molecule has 3 heterocycles. The number of anilines is 1. The Kier molecular flexibility index (Phi) is 10.8. The van der Waals surface area contributed by atoms with Crippen LogP contribution in [0.25, 0.3) is 0 Å². The number of rotatable bonds is 9. The number of piperidine rings is 1. The number of hydrogen-bond donors (Lipinski definition) is 2. The molecular weight excluding hydrogens is 768 g/mol. The van der Waals surface area contributed by atoms with Crippen LogP contribution in [0.5, 0.6) is 5.75 Å². The van der Waals surface area contributed by atoms with E-state index in [0.29, 0.717) is 44.9 Å². The molecule has 59 heavy (non-hydrogen) atoms. The molecule has 5 aliphatic rings. The van der Waals surface area contributed by atoms with Gasteiger partial charge in [0.15, 0.2) is 0 Å². The minimum Gasteiger partial charge on any atom is -0.489 e. The first-order valence-electron chi connectivity index (χ1n) is 20.8. The van der Waals surface area contributed by atoms with Gasteiger partial charge in [-0.1, -0.05) is 51.4 Å². The van der Waals surface area contributed by atoms with Gasteiger partial charge in [0.25, 0.3) is 17.7 Å². The molecule has 1 atom stereocenters. The van der Waals surface area contributed by atoms with Crippen molar-refractivity contribution in [3.8, 4) is 11.8 Å². The van der Waals surface area contributed by atoms with Crippen molar-refractivity contribution in [3.63, 3.8) is 0 Å². The Morgan fingerprint density at radius 3 is 2.19 bits per heavy atom. The highest BCUT2D eigenvalue weighted by Crippen LogP contribution is 2.55. The van der Waals surface area contributed by atoms with Gasteiger partial charge in [0.2, 0.25) is 11.8 Å². The van der Waals surface area contributed by atoms with Gasteiger partial charge in [0.1, 0.15) is 24.0 Å². The molecule has 8 rings (SSSR count). The van der Waals surface area contributed by atoms with Crippen molar-refractivity contribution >= 4 is 46.8 Å². The molecule has 2 N–H and O–H groups in total. The third kappa shape index (κ3) is 7.59. The molecule has 0 bridgehead atoms. The molecule has 0 aromatic heterocycles. The van der Waals surface area contributed by atoms with Crippen molar-refractivity contribution in [3.05, 3.63) is 93.5 Å². The second-order valence-corrected chi connectivity index (χ2v) is 18.5. The second kappa shape index (κ2) is 15.7. The second-order valence-electron chi connectivity index (χ2n) is 18.1. The Hall–Kier alpha value is -5.25. The average Bonchev–Trinajstić information content (AvgIpc) is 3.47. The third-order valence-electron chi connectivity index (χ3n) is 13.6. The zero-order valence-electron chi connectivity index (χ0n) is 34.1. The van der Waals surface area contributed by atoms with Crippen LogP contribution < -0.4 is 20.3 Å². The molecule has 2 saturated heterocycles. The Morgan fingerprint density at radius 2 is 1.54 bits per heavy atom. The number of halogens is 1. The normalized spacial score (nSPS) is 26.4. The number of amides is 5. The fourth-order valence-electron chi connectivity index (χ4n) is 10.6. The average molecular weight is 819 g/mol. The van der Waals surface area contributed by atoms with Crippen LogP contribution in [0.4, 0.5) is 5.69 Å². The van der Waals surface area contributed by atoms with Crippen molar-refractivity contribution < 1.29 is 28.7 Å². The Labute approximate surface area is 350 Å². The summed E-state index contributed by atoms with van der Waals surface area (Å²) in [5.74, 6) is -0.363. The van der Waals surface area contributed by atoms with Gasteiger partial charge in [-0.25, -0.2) is 0 Å². The highest BCUT2D eigenvalue weighted by molar-refractivity contribution is 6.31. The summed E-state index contributed by atoms with van der Waals surface area (Å²) in [6, 6.07) is 19.6. The van der Waals surface area contributed by atoms with E-state index in [-0.39, 0.29) is 41.7 Å². The van der Waals surface area contributed by atoms with Crippen LogP contribution in [0.3, 0.4) is 0 Å². The Morgan fingerprint density at radius 1 is 0.864 bits per heavy atom. The van der Waals surface area contributed by atoms with Crippen LogP contribution in [0.15, 0.2) is 60.7 Å². The molecule has 0 spiro atoms. The maximum absolute atomic E-state index is 13.5. The number of ether oxygens (including phenoxy) is 1. The summed E-state index contributed by atoms with van der Waals surface area (Å²) in [7, 11) is 0. The zero-order valence-corrected chi connectivity index (χ0v) is 34.8. The van der Waals surface area contributed by atoms with Crippen molar-refractivity contribution in [2.45, 2.75) is 90.3 Å². The van der Waals surface area contributed by atoms with E-state index in [1.54, 1.807) is 30.3 Å². The summed E-state index contributed by atoms with van der Waals surface area (Å²) in [6.45, 7) is 12.9. The van der Waals surface area contributed by atoms with Gasteiger partial charge in [-0.2, -0.15) is 5.26 Å². The van der Waals surface area contributed by atoms with E-state index in [0.717, 1.165) is 69.0 Å². The van der Waals surface area contributed by atoms with E-state index in [9.17, 15) is 29.2 Å². The topological polar surface area (TPSA) is 152 Å². The first-order valence-corrected chi connectivity index (χ1v) is 21.1. The molecule has 308 valence electrons. The highest BCUT2D eigenvalue weighted by atomic mass is 35.5. The quantitative estimate of drug-likeness (QED) is 0.237. The molecule has 4 fully saturated rings. The van der Waals surface area contributed by atoms with Crippen molar-refractivity contribution in [1.82, 2.24) is 20.4 Å². The first-order chi connectivity index (χ1) is 28.1. The van der Waals surface area contributed by atoms with E-state index in [1.807, 2.05) is 18.2 Å². The predicted molar refractivity (Wildman–Crippen MR) is 222 cm³/mol. The number of fused-ring (bicyclic) bond motifs is 1. The van der Waals surface area contributed by atoms with Crippen LogP contribution in [-0.4, -0.2) is 90.2 Å². The van der Waals surface area contributed by atoms with Crippen molar-refractivity contribution in [2.24, 2.45) is 16.7 Å². The molecule has 2 aliphatic carbocycles.